The van der Waals surface area contributed by atoms with Gasteiger partial charge in [-0.25, -0.2) is 0 Å². The molecule has 0 unspecified atom stereocenters. The Kier molecular flexibility index (Phi) is 2.60. The Morgan fingerprint density at radius 1 is 1.42 bits per heavy atom. The van der Waals surface area contributed by atoms with Crippen LogP contribution in [-0.4, -0.2) is 13.3 Å². The van der Waals surface area contributed by atoms with Crippen LogP contribution in [-0.2, 0) is 0 Å². The van der Waals surface area contributed by atoms with E-state index in [0.717, 1.165) is 11.1 Å². The fourth-order valence-electron chi connectivity index (χ4n) is 1.10. The van der Waals surface area contributed by atoms with Crippen LogP contribution in [0.3, 0.4) is 0 Å². The van der Waals surface area contributed by atoms with Gasteiger partial charge in [0, 0.05) is 13.3 Å². The molecular weight excluding hydrogens is 148 g/mol. The first-order valence-corrected chi connectivity index (χ1v) is 3.70. The molecular formula is C10H10N2. The summed E-state index contributed by atoms with van der Waals surface area (Å²) >= 11 is 0. The van der Waals surface area contributed by atoms with Gasteiger partial charge in [-0.05, 0) is 30.2 Å². The number of aliphatic imine (C=N–C) groups is 1. The molecule has 0 fully saturated rings. The summed E-state index contributed by atoms with van der Waals surface area (Å²) in [5, 5.41) is 8.66. The number of rotatable bonds is 1. The van der Waals surface area contributed by atoms with Crippen LogP contribution in [0.25, 0.3) is 0 Å². The lowest BCUT2D eigenvalue weighted by molar-refractivity contribution is 1.40. The van der Waals surface area contributed by atoms with Gasteiger partial charge in [0.1, 0.15) is 0 Å². The van der Waals surface area contributed by atoms with Gasteiger partial charge in [0.2, 0.25) is 0 Å². The largest absolute Gasteiger partial charge is 0.296 e. The van der Waals surface area contributed by atoms with Crippen molar-refractivity contribution in [1.82, 2.24) is 0 Å². The molecule has 0 aliphatic rings. The van der Waals surface area contributed by atoms with Crippen molar-refractivity contribution in [2.45, 2.75) is 6.92 Å². The van der Waals surface area contributed by atoms with E-state index in [9.17, 15) is 0 Å². The Morgan fingerprint density at radius 2 is 2.17 bits per heavy atom. The second-order valence-corrected chi connectivity index (χ2v) is 2.63. The van der Waals surface area contributed by atoms with Gasteiger partial charge in [0.25, 0.3) is 0 Å². The summed E-state index contributed by atoms with van der Waals surface area (Å²) in [6.07, 6.45) is 1.74. The third-order valence-corrected chi connectivity index (χ3v) is 1.51. The smallest absolute Gasteiger partial charge is 0.0991 e. The van der Waals surface area contributed by atoms with E-state index in [-0.39, 0.29) is 0 Å². The molecule has 0 amide bonds. The summed E-state index contributed by atoms with van der Waals surface area (Å²) in [5.74, 6) is 0. The zero-order chi connectivity index (χ0) is 8.97. The number of hydrogen-bond donors (Lipinski definition) is 0. The van der Waals surface area contributed by atoms with Gasteiger partial charge in [0.15, 0.2) is 0 Å². The van der Waals surface area contributed by atoms with Crippen LogP contribution in [0.15, 0.2) is 23.2 Å². The molecule has 0 heterocycles. The Balaban J connectivity index is 3.17. The molecule has 1 aromatic rings. The minimum absolute atomic E-state index is 0.685. The average Bonchev–Trinajstić information content (AvgIpc) is 2.04. The van der Waals surface area contributed by atoms with Crippen LogP contribution in [0.4, 0.5) is 0 Å². The Hall–Kier alpha value is -1.62. The fourth-order valence-corrected chi connectivity index (χ4v) is 1.10. The van der Waals surface area contributed by atoms with Crippen molar-refractivity contribution >= 4 is 6.21 Å². The van der Waals surface area contributed by atoms with Gasteiger partial charge in [-0.2, -0.15) is 5.26 Å². The summed E-state index contributed by atoms with van der Waals surface area (Å²) < 4.78 is 0. The summed E-state index contributed by atoms with van der Waals surface area (Å²) in [6, 6.07) is 7.77. The molecule has 0 atom stereocenters. The van der Waals surface area contributed by atoms with E-state index >= 15 is 0 Å². The molecule has 0 bridgehead atoms. The second-order valence-electron chi connectivity index (χ2n) is 2.63. The summed E-state index contributed by atoms with van der Waals surface area (Å²) in [7, 11) is 1.72. The number of nitriles is 1. The second kappa shape index (κ2) is 3.68. The van der Waals surface area contributed by atoms with E-state index in [2.05, 4.69) is 11.1 Å². The third kappa shape index (κ3) is 1.93. The van der Waals surface area contributed by atoms with Crippen molar-refractivity contribution in [2.75, 3.05) is 7.05 Å². The predicted molar refractivity (Wildman–Crippen MR) is 49.4 cm³/mol. The van der Waals surface area contributed by atoms with Gasteiger partial charge in [-0.1, -0.05) is 6.07 Å². The van der Waals surface area contributed by atoms with E-state index in [1.807, 2.05) is 25.1 Å². The van der Waals surface area contributed by atoms with Gasteiger partial charge in [-0.3, -0.25) is 4.99 Å². The normalized spacial score (nSPS) is 10.1. The minimum Gasteiger partial charge on any atom is -0.296 e. The van der Waals surface area contributed by atoms with Crippen molar-refractivity contribution in [3.63, 3.8) is 0 Å². The number of hydrogen-bond acceptors (Lipinski definition) is 2. The molecule has 0 N–H and O–H groups in total. The highest BCUT2D eigenvalue weighted by atomic mass is 14.6. The monoisotopic (exact) mass is 158 g/mol. The van der Waals surface area contributed by atoms with Crippen LogP contribution in [0.2, 0.25) is 0 Å². The Bertz CT molecular complexity index is 345. The quantitative estimate of drug-likeness (QED) is 0.575. The van der Waals surface area contributed by atoms with Crippen molar-refractivity contribution in [1.29, 1.82) is 5.26 Å². The minimum atomic E-state index is 0.685. The molecule has 0 aliphatic heterocycles. The molecule has 0 saturated heterocycles. The zero-order valence-electron chi connectivity index (χ0n) is 7.20. The first kappa shape index (κ1) is 8.48. The molecule has 0 aliphatic carbocycles. The van der Waals surface area contributed by atoms with Gasteiger partial charge >= 0.3 is 0 Å². The lowest BCUT2D eigenvalue weighted by atomic mass is 10.1. The van der Waals surface area contributed by atoms with Gasteiger partial charge in [0.05, 0.1) is 11.6 Å². The first-order valence-electron chi connectivity index (χ1n) is 3.70. The topological polar surface area (TPSA) is 36.1 Å². The van der Waals surface area contributed by atoms with E-state index in [1.165, 1.54) is 0 Å². The van der Waals surface area contributed by atoms with Crippen LogP contribution < -0.4 is 0 Å². The van der Waals surface area contributed by atoms with Gasteiger partial charge < -0.3 is 0 Å². The number of benzene rings is 1. The van der Waals surface area contributed by atoms with Gasteiger partial charge in [-0.15, -0.1) is 0 Å². The summed E-state index contributed by atoms with van der Waals surface area (Å²) in [6.45, 7) is 1.97. The Labute approximate surface area is 72.2 Å². The highest BCUT2D eigenvalue weighted by molar-refractivity contribution is 5.80. The molecule has 2 heteroatoms. The SMILES string of the molecule is C/N=C\c1cc(C)cc(C#N)c1. The molecule has 0 spiro atoms. The van der Waals surface area contributed by atoms with E-state index in [0.29, 0.717) is 5.56 Å². The van der Waals surface area contributed by atoms with Crippen LogP contribution in [0, 0.1) is 18.3 Å². The molecule has 12 heavy (non-hydrogen) atoms. The predicted octanol–water partition coefficient (Wildman–Crippen LogP) is 1.92. The van der Waals surface area contributed by atoms with Crippen LogP contribution in [0.5, 0.6) is 0 Å². The highest BCUT2D eigenvalue weighted by Crippen LogP contribution is 2.06. The zero-order valence-corrected chi connectivity index (χ0v) is 7.20. The highest BCUT2D eigenvalue weighted by Gasteiger charge is 1.94. The molecule has 1 rings (SSSR count). The molecule has 2 nitrogen and oxygen atoms in total. The maximum Gasteiger partial charge on any atom is 0.0991 e. The molecule has 0 radical (unpaired) electrons. The molecule has 1 aromatic carbocycles. The summed E-state index contributed by atoms with van der Waals surface area (Å²) in [4.78, 5) is 3.89. The third-order valence-electron chi connectivity index (χ3n) is 1.51. The van der Waals surface area contributed by atoms with Crippen molar-refractivity contribution in [3.05, 3.63) is 34.9 Å². The van der Waals surface area contributed by atoms with Crippen LogP contribution >= 0.6 is 0 Å². The Morgan fingerprint density at radius 3 is 2.75 bits per heavy atom. The lowest BCUT2D eigenvalue weighted by Crippen LogP contribution is -1.85. The fraction of sp³-hybridized carbons (Fsp3) is 0.200. The van der Waals surface area contributed by atoms with E-state index < -0.39 is 0 Å². The lowest BCUT2D eigenvalue weighted by Gasteiger charge is -1.96. The molecule has 0 aromatic heterocycles. The molecule has 60 valence electrons. The average molecular weight is 158 g/mol. The first-order chi connectivity index (χ1) is 5.76. The van der Waals surface area contributed by atoms with Crippen LogP contribution in [0.1, 0.15) is 16.7 Å². The summed E-state index contributed by atoms with van der Waals surface area (Å²) in [5.41, 5.74) is 2.75. The van der Waals surface area contributed by atoms with Crippen molar-refractivity contribution in [3.8, 4) is 6.07 Å². The number of nitrogens with zero attached hydrogens (tertiary/aromatic N) is 2. The van der Waals surface area contributed by atoms with Crippen molar-refractivity contribution in [2.24, 2.45) is 4.99 Å². The van der Waals surface area contributed by atoms with Crippen molar-refractivity contribution < 1.29 is 0 Å². The molecule has 0 saturated carbocycles. The maximum absolute atomic E-state index is 8.66. The van der Waals surface area contributed by atoms with E-state index in [4.69, 9.17) is 5.26 Å². The number of aryl methyl sites for hydroxylation is 1. The van der Waals surface area contributed by atoms with E-state index in [1.54, 1.807) is 13.3 Å². The standard InChI is InChI=1S/C10H10N2/c1-8-3-9(6-11)5-10(4-8)7-12-2/h3-5,7H,1-2H3/b12-7-. The maximum atomic E-state index is 8.66.